The Morgan fingerprint density at radius 1 is 1.26 bits per heavy atom. The number of esters is 2. The van der Waals surface area contributed by atoms with Gasteiger partial charge in [-0.15, -0.1) is 0 Å². The lowest BCUT2D eigenvalue weighted by atomic mass is 9.72. The molecule has 0 radical (unpaired) electrons. The minimum absolute atomic E-state index is 0.140. The average Bonchev–Trinajstić information content (AvgIpc) is 3.07. The maximum absolute atomic E-state index is 12.3. The summed E-state index contributed by atoms with van der Waals surface area (Å²) in [5.41, 5.74) is 4.73. The molecule has 34 heavy (non-hydrogen) atoms. The van der Waals surface area contributed by atoms with Crippen LogP contribution in [-0.4, -0.2) is 48.1 Å². The third-order valence-corrected chi connectivity index (χ3v) is 5.98. The molecule has 0 aromatic heterocycles. The van der Waals surface area contributed by atoms with Crippen molar-refractivity contribution >= 4 is 11.9 Å². The van der Waals surface area contributed by atoms with Crippen molar-refractivity contribution in [3.05, 3.63) is 70.3 Å². The van der Waals surface area contributed by atoms with Gasteiger partial charge in [0.25, 0.3) is 5.76 Å². The average molecular weight is 473 g/mol. The molecule has 2 rings (SSSR count). The van der Waals surface area contributed by atoms with Gasteiger partial charge in [-0.05, 0) is 56.6 Å². The minimum atomic E-state index is -1.39. The van der Waals surface area contributed by atoms with Crippen LogP contribution in [0.15, 0.2) is 70.3 Å². The number of rotatable bonds is 9. The fourth-order valence-electron chi connectivity index (χ4n) is 4.10. The first-order valence-electron chi connectivity index (χ1n) is 11.4. The Balaban J connectivity index is 2.04. The molecule has 0 saturated carbocycles. The number of carbonyl (C=O) groups is 2. The molecular formula is C27H36O7. The molecular weight excluding hydrogens is 436 g/mol. The maximum atomic E-state index is 12.3. The quantitative estimate of drug-likeness (QED) is 0.295. The summed E-state index contributed by atoms with van der Waals surface area (Å²) in [5, 5.41) is 18.8. The third kappa shape index (κ3) is 7.05. The highest BCUT2D eigenvalue weighted by atomic mass is 16.6. The van der Waals surface area contributed by atoms with E-state index in [0.717, 1.165) is 12.0 Å². The molecule has 0 amide bonds. The van der Waals surface area contributed by atoms with Crippen LogP contribution in [0.3, 0.4) is 0 Å². The zero-order valence-corrected chi connectivity index (χ0v) is 20.9. The van der Waals surface area contributed by atoms with Gasteiger partial charge in [-0.3, -0.25) is 0 Å². The predicted molar refractivity (Wildman–Crippen MR) is 129 cm³/mol. The summed E-state index contributed by atoms with van der Waals surface area (Å²) in [6, 6.07) is 0. The lowest BCUT2D eigenvalue weighted by Gasteiger charge is -2.32. The molecule has 2 aliphatic rings. The largest absolute Gasteiger partial charge is 0.493 e. The molecule has 1 aliphatic carbocycles. The standard InChI is InChI=1S/C27H36O7/c1-17(12-13-20-19(3)11-8-14-27(20,4)5)9-7-10-18(2)15-22(30)33-25-24(32-6)23(21(29)16-28)34-26(25)31/h7,9-10,12-13,15,21,23,28-29H,8,11,14,16H2,1-6H3/b10-7+,13-12+,17-9+,18-15+/t21-,23+/m0/s1. The Morgan fingerprint density at radius 3 is 2.59 bits per heavy atom. The van der Waals surface area contributed by atoms with Crippen molar-refractivity contribution in [3.63, 3.8) is 0 Å². The first-order chi connectivity index (χ1) is 16.0. The minimum Gasteiger partial charge on any atom is -0.493 e. The Hall–Kier alpha value is -2.90. The molecule has 0 unspecified atom stereocenters. The van der Waals surface area contributed by atoms with E-state index in [9.17, 15) is 14.7 Å². The van der Waals surface area contributed by atoms with Crippen LogP contribution >= 0.6 is 0 Å². The summed E-state index contributed by atoms with van der Waals surface area (Å²) in [5.74, 6) is -2.31. The number of allylic oxidation sites excluding steroid dienone is 9. The highest BCUT2D eigenvalue weighted by Crippen LogP contribution is 2.40. The summed E-state index contributed by atoms with van der Waals surface area (Å²) < 4.78 is 15.1. The molecule has 1 heterocycles. The molecule has 186 valence electrons. The van der Waals surface area contributed by atoms with Crippen LogP contribution in [0.1, 0.15) is 53.9 Å². The Bertz CT molecular complexity index is 973. The van der Waals surface area contributed by atoms with E-state index in [1.54, 1.807) is 13.0 Å². The van der Waals surface area contributed by atoms with Gasteiger partial charge in [-0.1, -0.05) is 55.4 Å². The zero-order chi connectivity index (χ0) is 25.5. The normalized spacial score (nSPS) is 22.6. The first kappa shape index (κ1) is 27.3. The number of ether oxygens (including phenoxy) is 3. The zero-order valence-electron chi connectivity index (χ0n) is 20.9. The van der Waals surface area contributed by atoms with Crippen molar-refractivity contribution in [1.29, 1.82) is 0 Å². The van der Waals surface area contributed by atoms with Gasteiger partial charge in [0.05, 0.1) is 13.7 Å². The second-order valence-electron chi connectivity index (χ2n) is 9.32. The summed E-state index contributed by atoms with van der Waals surface area (Å²) in [6.07, 6.45) is 12.0. The summed E-state index contributed by atoms with van der Waals surface area (Å²) in [6.45, 7) is 9.88. The molecule has 0 fully saturated rings. The Labute approximate surface area is 201 Å². The van der Waals surface area contributed by atoms with Crippen LogP contribution in [0.25, 0.3) is 0 Å². The number of methoxy groups -OCH3 is 1. The Morgan fingerprint density at radius 2 is 1.97 bits per heavy atom. The molecule has 2 N–H and O–H groups in total. The van der Waals surface area contributed by atoms with Crippen LogP contribution in [0, 0.1) is 5.41 Å². The van der Waals surface area contributed by atoms with Crippen molar-refractivity contribution in [2.75, 3.05) is 13.7 Å². The molecule has 7 nitrogen and oxygen atoms in total. The highest BCUT2D eigenvalue weighted by molar-refractivity contribution is 5.95. The van der Waals surface area contributed by atoms with E-state index in [-0.39, 0.29) is 11.2 Å². The number of hydrogen-bond acceptors (Lipinski definition) is 7. The van der Waals surface area contributed by atoms with Crippen LogP contribution in [0.2, 0.25) is 0 Å². The lowest BCUT2D eigenvalue weighted by Crippen LogP contribution is -2.32. The summed E-state index contributed by atoms with van der Waals surface area (Å²) in [7, 11) is 1.25. The van der Waals surface area contributed by atoms with Crippen molar-refractivity contribution in [1.82, 2.24) is 0 Å². The molecule has 1 aliphatic heterocycles. The second kappa shape index (κ2) is 12.0. The van der Waals surface area contributed by atoms with Gasteiger partial charge in [0.2, 0.25) is 0 Å². The number of aliphatic hydroxyl groups excluding tert-OH is 2. The van der Waals surface area contributed by atoms with Gasteiger partial charge >= 0.3 is 11.9 Å². The van der Waals surface area contributed by atoms with E-state index in [1.165, 1.54) is 37.2 Å². The van der Waals surface area contributed by atoms with Gasteiger partial charge < -0.3 is 24.4 Å². The SMILES string of the molecule is COC1=C(OC(=O)/C=C(C)/C=C/C=C(C)/C=C/C2=C(C)CCCC2(C)C)C(=O)O[C@@H]1[C@@H](O)CO. The van der Waals surface area contributed by atoms with E-state index in [2.05, 4.69) is 32.9 Å². The summed E-state index contributed by atoms with van der Waals surface area (Å²) in [4.78, 5) is 24.3. The van der Waals surface area contributed by atoms with Gasteiger partial charge in [-0.25, -0.2) is 9.59 Å². The van der Waals surface area contributed by atoms with Crippen LogP contribution in [0.4, 0.5) is 0 Å². The molecule has 0 bridgehead atoms. The highest BCUT2D eigenvalue weighted by Gasteiger charge is 2.42. The van der Waals surface area contributed by atoms with Crippen molar-refractivity contribution in [2.24, 2.45) is 5.41 Å². The number of aliphatic hydroxyl groups is 2. The maximum Gasteiger partial charge on any atom is 0.378 e. The third-order valence-electron chi connectivity index (χ3n) is 5.98. The molecule has 0 aromatic rings. The van der Waals surface area contributed by atoms with Crippen LogP contribution in [0.5, 0.6) is 0 Å². The van der Waals surface area contributed by atoms with Crippen molar-refractivity contribution in [2.45, 2.75) is 66.1 Å². The number of cyclic esters (lactones) is 1. The fourth-order valence-corrected chi connectivity index (χ4v) is 4.10. The molecule has 0 saturated heterocycles. The lowest BCUT2D eigenvalue weighted by molar-refractivity contribution is -0.151. The first-order valence-corrected chi connectivity index (χ1v) is 11.4. The number of hydrogen-bond donors (Lipinski definition) is 2. The van der Waals surface area contributed by atoms with Crippen molar-refractivity contribution in [3.8, 4) is 0 Å². The van der Waals surface area contributed by atoms with E-state index < -0.39 is 36.5 Å². The van der Waals surface area contributed by atoms with E-state index in [0.29, 0.717) is 5.57 Å². The van der Waals surface area contributed by atoms with Crippen molar-refractivity contribution < 1.29 is 34.0 Å². The van der Waals surface area contributed by atoms with Gasteiger partial charge in [-0.2, -0.15) is 0 Å². The van der Waals surface area contributed by atoms with Gasteiger partial charge in [0.1, 0.15) is 6.10 Å². The van der Waals surface area contributed by atoms with Gasteiger partial charge in [0.15, 0.2) is 11.9 Å². The smallest absolute Gasteiger partial charge is 0.378 e. The second-order valence-corrected chi connectivity index (χ2v) is 9.32. The van der Waals surface area contributed by atoms with E-state index >= 15 is 0 Å². The van der Waals surface area contributed by atoms with E-state index in [4.69, 9.17) is 19.3 Å². The topological polar surface area (TPSA) is 102 Å². The molecule has 7 heteroatoms. The molecule has 2 atom stereocenters. The molecule has 0 aromatic carbocycles. The summed E-state index contributed by atoms with van der Waals surface area (Å²) >= 11 is 0. The monoisotopic (exact) mass is 472 g/mol. The van der Waals surface area contributed by atoms with E-state index in [1.807, 2.05) is 19.1 Å². The molecule has 0 spiro atoms. The predicted octanol–water partition coefficient (Wildman–Crippen LogP) is 4.20. The fraction of sp³-hybridized carbons (Fsp3) is 0.481. The Kier molecular flexibility index (Phi) is 9.65. The van der Waals surface area contributed by atoms with Gasteiger partial charge in [0, 0.05) is 6.08 Å². The van der Waals surface area contributed by atoms with Crippen LogP contribution in [-0.2, 0) is 23.8 Å². The van der Waals surface area contributed by atoms with Crippen LogP contribution < -0.4 is 0 Å². The number of carbonyl (C=O) groups excluding carboxylic acids is 2.